The summed E-state index contributed by atoms with van der Waals surface area (Å²) in [5.41, 5.74) is 3.44. The SMILES string of the molecule is COc1ccccc1-c1noc(COC(=O)CCc2c(C)nc(SC)nc2C)n1. The number of aromatic nitrogens is 4. The molecule has 0 N–H and O–H groups in total. The van der Waals surface area contributed by atoms with E-state index in [2.05, 4.69) is 20.1 Å². The number of aryl methyl sites for hydroxylation is 2. The van der Waals surface area contributed by atoms with E-state index in [-0.39, 0.29) is 24.9 Å². The molecule has 0 amide bonds. The van der Waals surface area contributed by atoms with Gasteiger partial charge in [0.05, 0.1) is 12.7 Å². The lowest BCUT2D eigenvalue weighted by Gasteiger charge is -2.09. The summed E-state index contributed by atoms with van der Waals surface area (Å²) in [7, 11) is 1.57. The van der Waals surface area contributed by atoms with Gasteiger partial charge in [-0.05, 0) is 44.2 Å². The van der Waals surface area contributed by atoms with Crippen LogP contribution in [0, 0.1) is 13.8 Å². The van der Waals surface area contributed by atoms with Crippen molar-refractivity contribution in [2.45, 2.75) is 38.5 Å². The van der Waals surface area contributed by atoms with Crippen molar-refractivity contribution in [1.29, 1.82) is 0 Å². The molecule has 0 fully saturated rings. The molecule has 0 unspecified atom stereocenters. The Morgan fingerprint density at radius 3 is 2.55 bits per heavy atom. The Kier molecular flexibility index (Phi) is 6.82. The van der Waals surface area contributed by atoms with E-state index in [0.717, 1.165) is 22.1 Å². The number of hydrogen-bond donors (Lipinski definition) is 0. The van der Waals surface area contributed by atoms with Gasteiger partial charge in [-0.15, -0.1) is 0 Å². The third kappa shape index (κ3) is 5.11. The van der Waals surface area contributed by atoms with Crippen molar-refractivity contribution < 1.29 is 18.8 Å². The molecule has 0 spiro atoms. The quantitative estimate of drug-likeness (QED) is 0.311. The minimum atomic E-state index is -0.352. The maximum absolute atomic E-state index is 12.1. The minimum Gasteiger partial charge on any atom is -0.496 e. The highest BCUT2D eigenvalue weighted by molar-refractivity contribution is 7.98. The largest absolute Gasteiger partial charge is 0.496 e. The van der Waals surface area contributed by atoms with Gasteiger partial charge in [-0.25, -0.2) is 9.97 Å². The van der Waals surface area contributed by atoms with Crippen LogP contribution in [0.15, 0.2) is 33.9 Å². The standard InChI is InChI=1S/C20H22N4O4S/c1-12-14(13(2)22-20(21-12)29-4)9-10-18(25)27-11-17-23-19(24-28-17)15-7-5-6-8-16(15)26-3/h5-8H,9-11H2,1-4H3. The molecule has 0 aliphatic rings. The average Bonchev–Trinajstić information content (AvgIpc) is 3.20. The smallest absolute Gasteiger partial charge is 0.306 e. The zero-order valence-corrected chi connectivity index (χ0v) is 17.6. The van der Waals surface area contributed by atoms with Crippen LogP contribution in [0.1, 0.15) is 29.3 Å². The number of carbonyl (C=O) groups is 1. The van der Waals surface area contributed by atoms with Gasteiger partial charge in [0.1, 0.15) is 5.75 Å². The molecular weight excluding hydrogens is 392 g/mol. The van der Waals surface area contributed by atoms with Gasteiger partial charge in [-0.2, -0.15) is 4.98 Å². The summed E-state index contributed by atoms with van der Waals surface area (Å²) in [6.07, 6.45) is 2.67. The number of thioether (sulfide) groups is 1. The summed E-state index contributed by atoms with van der Waals surface area (Å²) in [5, 5.41) is 4.66. The van der Waals surface area contributed by atoms with Gasteiger partial charge in [0, 0.05) is 17.8 Å². The number of hydrogen-bond acceptors (Lipinski definition) is 9. The topological polar surface area (TPSA) is 100 Å². The fraction of sp³-hybridized carbons (Fsp3) is 0.350. The van der Waals surface area contributed by atoms with Crippen molar-refractivity contribution in [3.8, 4) is 17.1 Å². The Labute approximate surface area is 173 Å². The maximum atomic E-state index is 12.1. The molecule has 0 aliphatic carbocycles. The van der Waals surface area contributed by atoms with Crippen LogP contribution in [-0.2, 0) is 22.6 Å². The Balaban J connectivity index is 1.56. The molecule has 0 saturated carbocycles. The summed E-state index contributed by atoms with van der Waals surface area (Å²) in [6.45, 7) is 3.76. The summed E-state index contributed by atoms with van der Waals surface area (Å²) in [5.74, 6) is 0.886. The van der Waals surface area contributed by atoms with Crippen molar-refractivity contribution in [2.24, 2.45) is 0 Å². The number of methoxy groups -OCH3 is 1. The molecule has 2 aromatic heterocycles. The minimum absolute atomic E-state index is 0.0825. The third-order valence-electron chi connectivity index (χ3n) is 4.33. The predicted molar refractivity (Wildman–Crippen MR) is 108 cm³/mol. The number of carbonyl (C=O) groups excluding carboxylic acids is 1. The van der Waals surface area contributed by atoms with Crippen LogP contribution in [0.2, 0.25) is 0 Å². The second kappa shape index (κ2) is 9.51. The van der Waals surface area contributed by atoms with Crippen LogP contribution < -0.4 is 4.74 Å². The van der Waals surface area contributed by atoms with E-state index >= 15 is 0 Å². The van der Waals surface area contributed by atoms with Gasteiger partial charge in [0.2, 0.25) is 5.82 Å². The highest BCUT2D eigenvalue weighted by Gasteiger charge is 2.15. The van der Waals surface area contributed by atoms with Crippen LogP contribution in [0.4, 0.5) is 0 Å². The van der Waals surface area contributed by atoms with Crippen molar-refractivity contribution in [1.82, 2.24) is 20.1 Å². The lowest BCUT2D eigenvalue weighted by molar-refractivity contribution is -0.145. The van der Waals surface area contributed by atoms with Crippen molar-refractivity contribution in [3.63, 3.8) is 0 Å². The van der Waals surface area contributed by atoms with Crippen molar-refractivity contribution in [3.05, 3.63) is 47.1 Å². The van der Waals surface area contributed by atoms with E-state index in [4.69, 9.17) is 14.0 Å². The highest BCUT2D eigenvalue weighted by Crippen LogP contribution is 2.27. The molecule has 2 heterocycles. The van der Waals surface area contributed by atoms with Crippen molar-refractivity contribution in [2.75, 3.05) is 13.4 Å². The summed E-state index contributed by atoms with van der Waals surface area (Å²) >= 11 is 1.49. The zero-order valence-electron chi connectivity index (χ0n) is 16.8. The molecule has 0 radical (unpaired) electrons. The summed E-state index contributed by atoms with van der Waals surface area (Å²) in [6, 6.07) is 7.35. The second-order valence-corrected chi connectivity index (χ2v) is 7.01. The number of rotatable bonds is 8. The normalized spacial score (nSPS) is 10.8. The van der Waals surface area contributed by atoms with Gasteiger partial charge in [-0.1, -0.05) is 29.1 Å². The Bertz CT molecular complexity index is 983. The van der Waals surface area contributed by atoms with E-state index in [1.165, 1.54) is 11.8 Å². The fourth-order valence-electron chi connectivity index (χ4n) is 2.86. The van der Waals surface area contributed by atoms with Gasteiger partial charge >= 0.3 is 5.97 Å². The van der Waals surface area contributed by atoms with E-state index < -0.39 is 0 Å². The Morgan fingerprint density at radius 1 is 1.14 bits per heavy atom. The van der Waals surface area contributed by atoms with Gasteiger partial charge in [0.15, 0.2) is 11.8 Å². The molecule has 152 valence electrons. The lowest BCUT2D eigenvalue weighted by Crippen LogP contribution is -2.09. The van der Waals surface area contributed by atoms with Gasteiger partial charge in [0.25, 0.3) is 5.89 Å². The first-order chi connectivity index (χ1) is 14.0. The molecule has 0 aliphatic heterocycles. The van der Waals surface area contributed by atoms with Crippen LogP contribution in [0.3, 0.4) is 0 Å². The monoisotopic (exact) mass is 414 g/mol. The first kappa shape index (κ1) is 20.8. The summed E-state index contributed by atoms with van der Waals surface area (Å²) in [4.78, 5) is 25.3. The number of para-hydroxylation sites is 1. The average molecular weight is 414 g/mol. The second-order valence-electron chi connectivity index (χ2n) is 6.23. The first-order valence-electron chi connectivity index (χ1n) is 9.01. The van der Waals surface area contributed by atoms with Crippen LogP contribution >= 0.6 is 11.8 Å². The Morgan fingerprint density at radius 2 is 1.86 bits per heavy atom. The van der Waals surface area contributed by atoms with Crippen LogP contribution in [0.5, 0.6) is 5.75 Å². The fourth-order valence-corrected chi connectivity index (χ4v) is 3.31. The molecular formula is C20H22N4O4S. The number of benzene rings is 1. The van der Waals surface area contributed by atoms with E-state index in [1.807, 2.05) is 44.4 Å². The molecule has 3 rings (SSSR count). The molecule has 8 nitrogen and oxygen atoms in total. The number of esters is 1. The molecule has 0 atom stereocenters. The predicted octanol–water partition coefficient (Wildman–Crippen LogP) is 3.55. The van der Waals surface area contributed by atoms with Gasteiger partial charge in [-0.3, -0.25) is 4.79 Å². The Hall–Kier alpha value is -2.94. The van der Waals surface area contributed by atoms with E-state index in [1.54, 1.807) is 7.11 Å². The molecule has 29 heavy (non-hydrogen) atoms. The van der Waals surface area contributed by atoms with Crippen LogP contribution in [0.25, 0.3) is 11.4 Å². The molecule has 0 saturated heterocycles. The van der Waals surface area contributed by atoms with Gasteiger partial charge < -0.3 is 14.0 Å². The highest BCUT2D eigenvalue weighted by atomic mass is 32.2. The lowest BCUT2D eigenvalue weighted by atomic mass is 10.1. The van der Waals surface area contributed by atoms with E-state index in [9.17, 15) is 4.79 Å². The van der Waals surface area contributed by atoms with Crippen molar-refractivity contribution >= 4 is 17.7 Å². The zero-order chi connectivity index (χ0) is 20.8. The summed E-state index contributed by atoms with van der Waals surface area (Å²) < 4.78 is 15.7. The third-order valence-corrected chi connectivity index (χ3v) is 4.88. The molecule has 1 aromatic carbocycles. The molecule has 9 heteroatoms. The van der Waals surface area contributed by atoms with Crippen LogP contribution in [-0.4, -0.2) is 39.4 Å². The maximum Gasteiger partial charge on any atom is 0.306 e. The molecule has 0 bridgehead atoms. The molecule has 3 aromatic rings. The number of ether oxygens (including phenoxy) is 2. The number of nitrogens with zero attached hydrogens (tertiary/aromatic N) is 4. The van der Waals surface area contributed by atoms with E-state index in [0.29, 0.717) is 23.6 Å². The first-order valence-corrected chi connectivity index (χ1v) is 10.2.